The van der Waals surface area contributed by atoms with Gasteiger partial charge in [-0.3, -0.25) is 9.69 Å². The molecule has 0 saturated carbocycles. The summed E-state index contributed by atoms with van der Waals surface area (Å²) in [5.41, 5.74) is 0.891. The number of carbonyl (C=O) groups is 2. The van der Waals surface area contributed by atoms with E-state index in [1.807, 2.05) is 0 Å². The second kappa shape index (κ2) is 7.26. The van der Waals surface area contributed by atoms with Crippen LogP contribution in [0, 0.1) is 5.82 Å². The summed E-state index contributed by atoms with van der Waals surface area (Å²) in [6.45, 7) is 2.00. The number of nitrogens with zero attached hydrogens (tertiary/aromatic N) is 1. The molecule has 134 valence electrons. The predicted octanol–water partition coefficient (Wildman–Crippen LogP) is 3.02. The van der Waals surface area contributed by atoms with Crippen LogP contribution in [0.15, 0.2) is 48.2 Å². The van der Waals surface area contributed by atoms with Crippen LogP contribution in [0.1, 0.15) is 18.1 Å². The highest BCUT2D eigenvalue weighted by atomic mass is 19.1. The van der Waals surface area contributed by atoms with Crippen molar-refractivity contribution in [3.8, 4) is 11.5 Å². The molecule has 0 atom stereocenters. The Kier molecular flexibility index (Phi) is 4.88. The Labute approximate surface area is 149 Å². The summed E-state index contributed by atoms with van der Waals surface area (Å²) in [6.07, 6.45) is 1.48. The van der Waals surface area contributed by atoms with Crippen LogP contribution in [0.25, 0.3) is 6.08 Å². The molecule has 1 aliphatic rings. The zero-order valence-electron chi connectivity index (χ0n) is 14.0. The number of imide groups is 1. The van der Waals surface area contributed by atoms with E-state index in [4.69, 9.17) is 4.74 Å². The van der Waals surface area contributed by atoms with E-state index in [1.165, 1.54) is 30.3 Å². The average molecular weight is 356 g/mol. The highest BCUT2D eigenvalue weighted by Crippen LogP contribution is 2.28. The van der Waals surface area contributed by atoms with Gasteiger partial charge in [-0.2, -0.15) is 0 Å². The normalized spacial score (nSPS) is 15.5. The molecule has 3 rings (SSSR count). The van der Waals surface area contributed by atoms with Crippen molar-refractivity contribution in [1.82, 2.24) is 10.2 Å². The third-order valence-electron chi connectivity index (χ3n) is 3.84. The van der Waals surface area contributed by atoms with Crippen molar-refractivity contribution in [3.63, 3.8) is 0 Å². The minimum Gasteiger partial charge on any atom is -0.504 e. The van der Waals surface area contributed by atoms with E-state index in [2.05, 4.69) is 5.32 Å². The lowest BCUT2D eigenvalue weighted by molar-refractivity contribution is -0.123. The molecular formula is C19H17FN2O4. The topological polar surface area (TPSA) is 78.9 Å². The monoisotopic (exact) mass is 356 g/mol. The summed E-state index contributed by atoms with van der Waals surface area (Å²) in [5.74, 6) is -0.770. The molecule has 0 spiro atoms. The molecule has 1 fully saturated rings. The number of amides is 3. The fourth-order valence-corrected chi connectivity index (χ4v) is 2.57. The molecule has 1 heterocycles. The SMILES string of the molecule is CCOc1cc(/C=C2/NC(=O)N(Cc3ccccc3F)C2=O)ccc1O. The summed E-state index contributed by atoms with van der Waals surface area (Å²) in [6, 6.07) is 9.94. The number of urea groups is 1. The van der Waals surface area contributed by atoms with Crippen LogP contribution >= 0.6 is 0 Å². The molecule has 1 saturated heterocycles. The Balaban J connectivity index is 1.83. The van der Waals surface area contributed by atoms with E-state index in [0.717, 1.165) is 4.90 Å². The molecule has 6 nitrogen and oxygen atoms in total. The van der Waals surface area contributed by atoms with E-state index in [9.17, 15) is 19.1 Å². The number of rotatable bonds is 5. The lowest BCUT2D eigenvalue weighted by atomic mass is 10.1. The third-order valence-corrected chi connectivity index (χ3v) is 3.84. The molecular weight excluding hydrogens is 339 g/mol. The summed E-state index contributed by atoms with van der Waals surface area (Å²) in [7, 11) is 0. The largest absolute Gasteiger partial charge is 0.504 e. The number of benzene rings is 2. The van der Waals surface area contributed by atoms with Crippen LogP contribution in [0.5, 0.6) is 11.5 Å². The van der Waals surface area contributed by atoms with E-state index in [1.54, 1.807) is 25.1 Å². The second-order valence-corrected chi connectivity index (χ2v) is 5.63. The predicted molar refractivity (Wildman–Crippen MR) is 92.7 cm³/mol. The van der Waals surface area contributed by atoms with Crippen molar-refractivity contribution in [2.45, 2.75) is 13.5 Å². The van der Waals surface area contributed by atoms with Gasteiger partial charge in [-0.15, -0.1) is 0 Å². The van der Waals surface area contributed by atoms with Crippen LogP contribution in [-0.2, 0) is 11.3 Å². The van der Waals surface area contributed by atoms with Gasteiger partial charge in [0.05, 0.1) is 13.2 Å². The van der Waals surface area contributed by atoms with Crippen molar-refractivity contribution in [2.24, 2.45) is 0 Å². The first-order valence-corrected chi connectivity index (χ1v) is 8.03. The summed E-state index contributed by atoms with van der Waals surface area (Å²) >= 11 is 0. The molecule has 26 heavy (non-hydrogen) atoms. The van der Waals surface area contributed by atoms with Gasteiger partial charge in [-0.1, -0.05) is 24.3 Å². The van der Waals surface area contributed by atoms with Crippen molar-refractivity contribution in [1.29, 1.82) is 0 Å². The average Bonchev–Trinajstić information content (AvgIpc) is 2.87. The van der Waals surface area contributed by atoms with Crippen LogP contribution < -0.4 is 10.1 Å². The van der Waals surface area contributed by atoms with Gasteiger partial charge in [0.15, 0.2) is 11.5 Å². The zero-order chi connectivity index (χ0) is 18.7. The number of ether oxygens (including phenoxy) is 1. The second-order valence-electron chi connectivity index (χ2n) is 5.63. The van der Waals surface area contributed by atoms with Gasteiger partial charge in [0, 0.05) is 5.56 Å². The van der Waals surface area contributed by atoms with E-state index >= 15 is 0 Å². The van der Waals surface area contributed by atoms with E-state index < -0.39 is 17.8 Å². The van der Waals surface area contributed by atoms with E-state index in [-0.39, 0.29) is 29.3 Å². The number of phenolic OH excluding ortho intramolecular Hbond substituents is 1. The van der Waals surface area contributed by atoms with Gasteiger partial charge in [-0.25, -0.2) is 9.18 Å². The van der Waals surface area contributed by atoms with Crippen molar-refractivity contribution in [3.05, 3.63) is 65.1 Å². The van der Waals surface area contributed by atoms with Crippen molar-refractivity contribution in [2.75, 3.05) is 6.61 Å². The van der Waals surface area contributed by atoms with Crippen LogP contribution in [-0.4, -0.2) is 28.6 Å². The van der Waals surface area contributed by atoms with Crippen LogP contribution in [0.4, 0.5) is 9.18 Å². The molecule has 2 aromatic carbocycles. The molecule has 7 heteroatoms. The van der Waals surface area contributed by atoms with Crippen molar-refractivity contribution >= 4 is 18.0 Å². The number of nitrogens with one attached hydrogen (secondary N) is 1. The quantitative estimate of drug-likeness (QED) is 0.638. The van der Waals surface area contributed by atoms with Gasteiger partial charge in [0.1, 0.15) is 11.5 Å². The molecule has 3 amide bonds. The number of hydrogen-bond donors (Lipinski definition) is 2. The molecule has 0 bridgehead atoms. The third kappa shape index (κ3) is 3.51. The molecule has 0 unspecified atom stereocenters. The smallest absolute Gasteiger partial charge is 0.329 e. The van der Waals surface area contributed by atoms with Gasteiger partial charge in [-0.05, 0) is 36.8 Å². The number of phenols is 1. The lowest BCUT2D eigenvalue weighted by Gasteiger charge is -2.12. The first-order valence-electron chi connectivity index (χ1n) is 8.03. The maximum Gasteiger partial charge on any atom is 0.329 e. The minimum atomic E-state index is -0.617. The van der Waals surface area contributed by atoms with Crippen molar-refractivity contribution < 1.29 is 23.8 Å². The Bertz CT molecular complexity index is 895. The molecule has 2 aromatic rings. The van der Waals surface area contributed by atoms with Crippen LogP contribution in [0.2, 0.25) is 0 Å². The summed E-state index contributed by atoms with van der Waals surface area (Å²) < 4.78 is 19.1. The Morgan fingerprint density at radius 1 is 1.23 bits per heavy atom. The molecule has 2 N–H and O–H groups in total. The molecule has 0 aliphatic carbocycles. The number of aromatic hydroxyl groups is 1. The highest BCUT2D eigenvalue weighted by molar-refractivity contribution is 6.13. The maximum absolute atomic E-state index is 13.8. The zero-order valence-corrected chi connectivity index (χ0v) is 14.0. The standard InChI is InChI=1S/C19H17FN2O4/c1-2-26-17-10-12(7-8-16(17)23)9-15-18(24)22(19(25)21-15)11-13-5-3-4-6-14(13)20/h3-10,23H,2,11H2,1H3,(H,21,25)/b15-9+. The van der Waals surface area contributed by atoms with Crippen LogP contribution in [0.3, 0.4) is 0 Å². The number of hydrogen-bond acceptors (Lipinski definition) is 4. The number of halogens is 1. The maximum atomic E-state index is 13.8. The Hall–Kier alpha value is -3.35. The molecule has 0 aromatic heterocycles. The number of carbonyl (C=O) groups excluding carboxylic acids is 2. The van der Waals surface area contributed by atoms with Gasteiger partial charge in [0.25, 0.3) is 5.91 Å². The molecule has 1 aliphatic heterocycles. The Morgan fingerprint density at radius 2 is 2.00 bits per heavy atom. The fraction of sp³-hybridized carbons (Fsp3) is 0.158. The minimum absolute atomic E-state index is 0.0167. The van der Waals surface area contributed by atoms with Gasteiger partial charge < -0.3 is 15.2 Å². The first kappa shape index (κ1) is 17.5. The van der Waals surface area contributed by atoms with Gasteiger partial charge in [0.2, 0.25) is 0 Å². The van der Waals surface area contributed by atoms with Gasteiger partial charge >= 0.3 is 6.03 Å². The summed E-state index contributed by atoms with van der Waals surface area (Å²) in [4.78, 5) is 25.5. The Morgan fingerprint density at radius 3 is 2.73 bits per heavy atom. The first-order chi connectivity index (χ1) is 12.5. The highest BCUT2D eigenvalue weighted by Gasteiger charge is 2.34. The lowest BCUT2D eigenvalue weighted by Crippen LogP contribution is -2.30. The molecule has 0 radical (unpaired) electrons. The fourth-order valence-electron chi connectivity index (χ4n) is 2.57. The summed E-state index contributed by atoms with van der Waals surface area (Å²) in [5, 5.41) is 12.2. The van der Waals surface area contributed by atoms with E-state index in [0.29, 0.717) is 12.2 Å².